The van der Waals surface area contributed by atoms with Crippen molar-refractivity contribution in [2.45, 2.75) is 19.5 Å². The zero-order chi connectivity index (χ0) is 19.1. The van der Waals surface area contributed by atoms with Crippen molar-refractivity contribution in [2.24, 2.45) is 5.73 Å². The molecule has 1 atom stereocenters. The molecule has 0 saturated carbocycles. The van der Waals surface area contributed by atoms with Gasteiger partial charge in [-0.05, 0) is 26.6 Å². The van der Waals surface area contributed by atoms with E-state index in [2.05, 4.69) is 15.7 Å². The number of aromatic nitrogens is 2. The molecule has 0 aliphatic carbocycles. The second kappa shape index (κ2) is 9.12. The molecule has 26 heavy (non-hydrogen) atoms. The Kier molecular flexibility index (Phi) is 6.88. The molecule has 0 spiro atoms. The quantitative estimate of drug-likeness (QED) is 0.638. The Labute approximate surface area is 153 Å². The maximum atomic E-state index is 12.3. The highest BCUT2D eigenvalue weighted by Gasteiger charge is 2.16. The van der Waals surface area contributed by atoms with Gasteiger partial charge in [-0.25, -0.2) is 0 Å². The van der Waals surface area contributed by atoms with Gasteiger partial charge in [0.25, 0.3) is 0 Å². The number of rotatable bonds is 8. The van der Waals surface area contributed by atoms with E-state index >= 15 is 0 Å². The maximum absolute atomic E-state index is 12.3. The molecule has 4 N–H and O–H groups in total. The molecule has 0 aliphatic rings. The fourth-order valence-corrected chi connectivity index (χ4v) is 2.28. The van der Waals surface area contributed by atoms with Gasteiger partial charge in [0.15, 0.2) is 0 Å². The van der Waals surface area contributed by atoms with Crippen molar-refractivity contribution in [1.29, 1.82) is 0 Å². The molecule has 0 saturated heterocycles. The van der Waals surface area contributed by atoms with E-state index in [0.717, 1.165) is 17.7 Å². The molecule has 2 aromatic rings. The molecular formula is C18H26N6O2. The molecule has 140 valence electrons. The number of likely N-dealkylation sites (N-methyl/N-ethyl adjacent to an activating group) is 1. The molecule has 8 heteroatoms. The van der Waals surface area contributed by atoms with E-state index in [1.807, 2.05) is 50.2 Å². The molecule has 0 radical (unpaired) electrons. The number of carbonyl (C=O) groups excluding carboxylic acids is 2. The van der Waals surface area contributed by atoms with Gasteiger partial charge in [-0.1, -0.05) is 29.8 Å². The normalized spacial score (nSPS) is 12.0. The van der Waals surface area contributed by atoms with Crippen LogP contribution in [0, 0.1) is 6.92 Å². The molecule has 1 aromatic heterocycles. The van der Waals surface area contributed by atoms with Gasteiger partial charge in [0, 0.05) is 19.3 Å². The first-order valence-corrected chi connectivity index (χ1v) is 8.42. The van der Waals surface area contributed by atoms with Crippen molar-refractivity contribution in [2.75, 3.05) is 32.5 Å². The molecule has 0 bridgehead atoms. The van der Waals surface area contributed by atoms with Gasteiger partial charge < -0.3 is 21.3 Å². The van der Waals surface area contributed by atoms with Crippen LogP contribution in [-0.2, 0) is 16.1 Å². The Bertz CT molecular complexity index is 738. The highest BCUT2D eigenvalue weighted by molar-refractivity contribution is 5.95. The Balaban J connectivity index is 1.86. The summed E-state index contributed by atoms with van der Waals surface area (Å²) in [5, 5.41) is 9.61. The molecule has 0 aliphatic heterocycles. The van der Waals surface area contributed by atoms with Crippen LogP contribution in [0.3, 0.4) is 0 Å². The molecule has 8 nitrogen and oxygen atoms in total. The van der Waals surface area contributed by atoms with Crippen LogP contribution in [0.15, 0.2) is 36.7 Å². The van der Waals surface area contributed by atoms with Crippen LogP contribution < -0.4 is 16.4 Å². The third-order valence-corrected chi connectivity index (χ3v) is 3.81. The summed E-state index contributed by atoms with van der Waals surface area (Å²) < 4.78 is 1.47. The van der Waals surface area contributed by atoms with Crippen molar-refractivity contribution in [1.82, 2.24) is 20.0 Å². The molecular weight excluding hydrogens is 332 g/mol. The number of hydrogen-bond acceptors (Lipinski definition) is 5. The number of nitrogens with two attached hydrogens (primary N) is 1. The predicted octanol–water partition coefficient (Wildman–Crippen LogP) is 0.508. The van der Waals surface area contributed by atoms with Crippen molar-refractivity contribution in [3.05, 3.63) is 47.8 Å². The number of amides is 2. The zero-order valence-electron chi connectivity index (χ0n) is 15.4. The number of nitrogens with zero attached hydrogens (tertiary/aromatic N) is 3. The van der Waals surface area contributed by atoms with Crippen LogP contribution in [0.25, 0.3) is 0 Å². The maximum Gasteiger partial charge on any atom is 0.245 e. The van der Waals surface area contributed by atoms with Crippen LogP contribution in [0.2, 0.25) is 0 Å². The van der Waals surface area contributed by atoms with Gasteiger partial charge in [-0.2, -0.15) is 5.10 Å². The topological polar surface area (TPSA) is 105 Å². The first kappa shape index (κ1) is 19.6. The van der Waals surface area contributed by atoms with E-state index in [4.69, 9.17) is 5.73 Å². The highest BCUT2D eigenvalue weighted by atomic mass is 16.2. The second-order valence-electron chi connectivity index (χ2n) is 6.46. The van der Waals surface area contributed by atoms with Gasteiger partial charge in [0.2, 0.25) is 11.8 Å². The van der Waals surface area contributed by atoms with E-state index in [9.17, 15) is 9.59 Å². The summed E-state index contributed by atoms with van der Waals surface area (Å²) in [6.45, 7) is 3.40. The lowest BCUT2D eigenvalue weighted by molar-refractivity contribution is -0.122. The van der Waals surface area contributed by atoms with Crippen LogP contribution >= 0.6 is 0 Å². The number of nitrogens with one attached hydrogen (secondary N) is 2. The Morgan fingerprint density at radius 2 is 1.96 bits per heavy atom. The number of benzene rings is 1. The Hall–Kier alpha value is -2.71. The number of aryl methyl sites for hydroxylation is 1. The van der Waals surface area contributed by atoms with Gasteiger partial charge >= 0.3 is 0 Å². The molecule has 1 aromatic carbocycles. The van der Waals surface area contributed by atoms with Crippen LogP contribution in [0.4, 0.5) is 5.69 Å². The number of carbonyl (C=O) groups is 2. The summed E-state index contributed by atoms with van der Waals surface area (Å²) in [7, 11) is 3.88. The largest absolute Gasteiger partial charge is 0.353 e. The lowest BCUT2D eigenvalue weighted by Gasteiger charge is -2.12. The van der Waals surface area contributed by atoms with Crippen molar-refractivity contribution in [3.8, 4) is 0 Å². The third-order valence-electron chi connectivity index (χ3n) is 3.81. The van der Waals surface area contributed by atoms with E-state index in [1.54, 1.807) is 6.20 Å². The fraction of sp³-hybridized carbons (Fsp3) is 0.389. The van der Waals surface area contributed by atoms with Gasteiger partial charge in [-0.3, -0.25) is 14.3 Å². The summed E-state index contributed by atoms with van der Waals surface area (Å²) in [4.78, 5) is 26.1. The van der Waals surface area contributed by atoms with Crippen LogP contribution in [0.1, 0.15) is 17.2 Å². The van der Waals surface area contributed by atoms with Gasteiger partial charge in [0.1, 0.15) is 12.6 Å². The monoisotopic (exact) mass is 358 g/mol. The summed E-state index contributed by atoms with van der Waals surface area (Å²) >= 11 is 0. The lowest BCUT2D eigenvalue weighted by atomic mass is 10.1. The number of anilines is 1. The second-order valence-corrected chi connectivity index (χ2v) is 6.46. The minimum absolute atomic E-state index is 0.0906. The first-order chi connectivity index (χ1) is 12.3. The Morgan fingerprint density at radius 3 is 2.62 bits per heavy atom. The molecule has 1 heterocycles. The highest BCUT2D eigenvalue weighted by Crippen LogP contribution is 2.14. The van der Waals surface area contributed by atoms with Gasteiger partial charge in [-0.15, -0.1) is 0 Å². The summed E-state index contributed by atoms with van der Waals surface area (Å²) in [6, 6.07) is 6.72. The smallest absolute Gasteiger partial charge is 0.245 e. The van der Waals surface area contributed by atoms with E-state index < -0.39 is 6.04 Å². The van der Waals surface area contributed by atoms with E-state index in [1.165, 1.54) is 10.9 Å². The molecule has 1 unspecified atom stereocenters. The minimum Gasteiger partial charge on any atom is -0.353 e. The first-order valence-electron chi connectivity index (χ1n) is 8.42. The predicted molar refractivity (Wildman–Crippen MR) is 101 cm³/mol. The van der Waals surface area contributed by atoms with E-state index in [0.29, 0.717) is 12.2 Å². The SMILES string of the molecule is Cc1ccc(C(N)C(=O)Nc2cnn(CC(=O)NCCN(C)C)c2)cc1. The summed E-state index contributed by atoms with van der Waals surface area (Å²) in [5.41, 5.74) is 8.33. The molecule has 0 fully saturated rings. The van der Waals surface area contributed by atoms with Crippen LogP contribution in [0.5, 0.6) is 0 Å². The van der Waals surface area contributed by atoms with E-state index in [-0.39, 0.29) is 18.4 Å². The van der Waals surface area contributed by atoms with Crippen molar-refractivity contribution in [3.63, 3.8) is 0 Å². The van der Waals surface area contributed by atoms with Crippen LogP contribution in [-0.4, -0.2) is 53.7 Å². The minimum atomic E-state index is -0.770. The average molecular weight is 358 g/mol. The standard InChI is InChI=1S/C18H26N6O2/c1-13-4-6-14(7-5-13)17(19)18(26)22-15-10-21-24(11-15)12-16(25)20-8-9-23(2)3/h4-7,10-11,17H,8-9,12,19H2,1-3H3,(H,20,25)(H,22,26). The lowest BCUT2D eigenvalue weighted by Crippen LogP contribution is -2.33. The Morgan fingerprint density at radius 1 is 1.27 bits per heavy atom. The average Bonchev–Trinajstić information content (AvgIpc) is 3.01. The van der Waals surface area contributed by atoms with Crippen molar-refractivity contribution >= 4 is 17.5 Å². The summed E-state index contributed by atoms with van der Waals surface area (Å²) in [5.74, 6) is -0.465. The summed E-state index contributed by atoms with van der Waals surface area (Å²) in [6.07, 6.45) is 3.10. The van der Waals surface area contributed by atoms with Gasteiger partial charge in [0.05, 0.1) is 11.9 Å². The zero-order valence-corrected chi connectivity index (χ0v) is 15.4. The number of hydrogen-bond donors (Lipinski definition) is 3. The van der Waals surface area contributed by atoms with Crippen molar-refractivity contribution < 1.29 is 9.59 Å². The molecule has 2 rings (SSSR count). The molecule has 2 amide bonds. The third kappa shape index (κ3) is 5.98. The fourth-order valence-electron chi connectivity index (χ4n) is 2.28.